The summed E-state index contributed by atoms with van der Waals surface area (Å²) in [5.74, 6) is -0.669. The number of benzene rings is 1. The van der Waals surface area contributed by atoms with E-state index in [-0.39, 0.29) is 6.04 Å². The molecular formula is C18H20F3N3O3. The SMILES string of the molecule is N[C@H]1CCN(c2ccc(C(F)(F)F)cn2)C1.O=C(O)C(O)c1ccccc1. The van der Waals surface area contributed by atoms with Crippen LogP contribution in [0, 0.1) is 0 Å². The first-order valence-electron chi connectivity index (χ1n) is 8.18. The van der Waals surface area contributed by atoms with Gasteiger partial charge in [-0.1, -0.05) is 30.3 Å². The smallest absolute Gasteiger partial charge is 0.417 e. The van der Waals surface area contributed by atoms with E-state index in [0.717, 1.165) is 25.2 Å². The van der Waals surface area contributed by atoms with Crippen molar-refractivity contribution in [2.45, 2.75) is 24.7 Å². The van der Waals surface area contributed by atoms with Gasteiger partial charge in [0.1, 0.15) is 5.82 Å². The summed E-state index contributed by atoms with van der Waals surface area (Å²) in [4.78, 5) is 16.0. The van der Waals surface area contributed by atoms with Gasteiger partial charge in [0.2, 0.25) is 0 Å². The van der Waals surface area contributed by atoms with Gasteiger partial charge in [-0.25, -0.2) is 9.78 Å². The summed E-state index contributed by atoms with van der Waals surface area (Å²) in [6.45, 7) is 1.40. The number of alkyl halides is 3. The molecule has 2 aromatic rings. The molecule has 0 spiro atoms. The minimum atomic E-state index is -4.33. The van der Waals surface area contributed by atoms with Crippen LogP contribution in [-0.2, 0) is 11.0 Å². The monoisotopic (exact) mass is 383 g/mol. The van der Waals surface area contributed by atoms with Gasteiger partial charge in [0, 0.05) is 25.3 Å². The average molecular weight is 383 g/mol. The Balaban J connectivity index is 0.000000208. The van der Waals surface area contributed by atoms with E-state index in [1.54, 1.807) is 30.3 Å². The predicted octanol–water partition coefficient (Wildman–Crippen LogP) is 2.44. The molecule has 0 bridgehead atoms. The van der Waals surface area contributed by atoms with Gasteiger partial charge >= 0.3 is 12.1 Å². The van der Waals surface area contributed by atoms with Crippen molar-refractivity contribution < 1.29 is 28.2 Å². The second kappa shape index (κ2) is 8.83. The molecule has 6 nitrogen and oxygen atoms in total. The third-order valence-corrected chi connectivity index (χ3v) is 3.97. The number of anilines is 1. The largest absolute Gasteiger partial charge is 0.479 e. The van der Waals surface area contributed by atoms with Crippen LogP contribution in [0.15, 0.2) is 48.7 Å². The maximum atomic E-state index is 12.3. The van der Waals surface area contributed by atoms with E-state index in [9.17, 15) is 18.0 Å². The summed E-state index contributed by atoms with van der Waals surface area (Å²) in [6.07, 6.45) is -4.02. The summed E-state index contributed by atoms with van der Waals surface area (Å²) >= 11 is 0. The lowest BCUT2D eigenvalue weighted by molar-refractivity contribution is -0.147. The maximum Gasteiger partial charge on any atom is 0.417 e. The van der Waals surface area contributed by atoms with E-state index in [1.807, 2.05) is 4.90 Å². The second-order valence-electron chi connectivity index (χ2n) is 6.05. The van der Waals surface area contributed by atoms with Crippen molar-refractivity contribution in [1.82, 2.24) is 4.98 Å². The first-order valence-corrected chi connectivity index (χ1v) is 8.18. The maximum absolute atomic E-state index is 12.3. The van der Waals surface area contributed by atoms with E-state index in [0.29, 0.717) is 17.9 Å². The van der Waals surface area contributed by atoms with Crippen molar-refractivity contribution in [3.05, 3.63) is 59.8 Å². The van der Waals surface area contributed by atoms with Gasteiger partial charge < -0.3 is 20.8 Å². The summed E-state index contributed by atoms with van der Waals surface area (Å²) in [6, 6.07) is 10.8. The quantitative estimate of drug-likeness (QED) is 0.753. The number of halogens is 3. The number of aromatic nitrogens is 1. The highest BCUT2D eigenvalue weighted by atomic mass is 19.4. The third-order valence-electron chi connectivity index (χ3n) is 3.97. The highest BCUT2D eigenvalue weighted by molar-refractivity contribution is 5.73. The highest BCUT2D eigenvalue weighted by Gasteiger charge is 2.31. The number of rotatable bonds is 3. The number of nitrogens with zero attached hydrogens (tertiary/aromatic N) is 2. The van der Waals surface area contributed by atoms with E-state index in [4.69, 9.17) is 15.9 Å². The van der Waals surface area contributed by atoms with E-state index < -0.39 is 23.8 Å². The Morgan fingerprint density at radius 1 is 1.22 bits per heavy atom. The van der Waals surface area contributed by atoms with E-state index >= 15 is 0 Å². The molecule has 1 aliphatic rings. The zero-order valence-corrected chi connectivity index (χ0v) is 14.3. The van der Waals surface area contributed by atoms with Gasteiger partial charge in [-0.2, -0.15) is 13.2 Å². The minimum absolute atomic E-state index is 0.0871. The number of hydrogen-bond donors (Lipinski definition) is 3. The van der Waals surface area contributed by atoms with Crippen LogP contribution in [0.25, 0.3) is 0 Å². The Bertz CT molecular complexity index is 739. The fourth-order valence-electron chi connectivity index (χ4n) is 2.51. The molecule has 1 aliphatic heterocycles. The molecule has 1 unspecified atom stereocenters. The number of nitrogens with two attached hydrogens (primary N) is 1. The number of aliphatic hydroxyl groups is 1. The van der Waals surface area contributed by atoms with E-state index in [2.05, 4.69) is 4.98 Å². The van der Waals surface area contributed by atoms with Crippen LogP contribution in [-0.4, -0.2) is 40.3 Å². The van der Waals surface area contributed by atoms with Gasteiger partial charge in [0.05, 0.1) is 5.56 Å². The molecule has 9 heteroatoms. The summed E-state index contributed by atoms with van der Waals surface area (Å²) < 4.78 is 36.9. The average Bonchev–Trinajstić information content (AvgIpc) is 3.08. The van der Waals surface area contributed by atoms with Crippen molar-refractivity contribution in [2.75, 3.05) is 18.0 Å². The lowest BCUT2D eigenvalue weighted by Crippen LogP contribution is -2.26. The highest BCUT2D eigenvalue weighted by Crippen LogP contribution is 2.29. The molecule has 1 aromatic heterocycles. The Labute approximate surface area is 154 Å². The number of carboxylic acids is 1. The molecule has 4 N–H and O–H groups in total. The number of aliphatic hydroxyl groups excluding tert-OH is 1. The van der Waals surface area contributed by atoms with Crippen molar-refractivity contribution >= 4 is 11.8 Å². The number of carboxylic acid groups (broad SMARTS) is 1. The van der Waals surface area contributed by atoms with Crippen LogP contribution >= 0.6 is 0 Å². The van der Waals surface area contributed by atoms with Crippen LogP contribution in [0.3, 0.4) is 0 Å². The van der Waals surface area contributed by atoms with Gasteiger partial charge in [-0.15, -0.1) is 0 Å². The van der Waals surface area contributed by atoms with Crippen LogP contribution in [0.5, 0.6) is 0 Å². The van der Waals surface area contributed by atoms with E-state index in [1.165, 1.54) is 6.07 Å². The molecule has 0 aliphatic carbocycles. The normalized spacial score (nSPS) is 17.8. The predicted molar refractivity (Wildman–Crippen MR) is 93.1 cm³/mol. The molecule has 2 atom stereocenters. The summed E-state index contributed by atoms with van der Waals surface area (Å²) in [5.41, 5.74) is 5.39. The number of carbonyl (C=O) groups is 1. The topological polar surface area (TPSA) is 99.7 Å². The van der Waals surface area contributed by atoms with Crippen molar-refractivity contribution in [3.8, 4) is 0 Å². The first-order chi connectivity index (χ1) is 12.7. The Hall–Kier alpha value is -2.65. The molecule has 3 rings (SSSR count). The molecule has 27 heavy (non-hydrogen) atoms. The van der Waals surface area contributed by atoms with Crippen molar-refractivity contribution in [2.24, 2.45) is 5.73 Å². The second-order valence-corrected chi connectivity index (χ2v) is 6.05. The standard InChI is InChI=1S/C10H12F3N3.C8H8O3/c11-10(12,13)7-1-2-9(15-5-7)16-4-3-8(14)6-16;9-7(8(10)11)6-4-2-1-3-5-6/h1-2,5,8H,3-4,6,14H2;1-5,7,9H,(H,10,11)/t8-;/m0./s1. The zero-order valence-electron chi connectivity index (χ0n) is 14.3. The molecular weight excluding hydrogens is 363 g/mol. The Morgan fingerprint density at radius 2 is 1.89 bits per heavy atom. The third kappa shape index (κ3) is 5.93. The van der Waals surface area contributed by atoms with Crippen molar-refractivity contribution in [3.63, 3.8) is 0 Å². The van der Waals surface area contributed by atoms with Crippen LogP contribution in [0.1, 0.15) is 23.7 Å². The summed E-state index contributed by atoms with van der Waals surface area (Å²) in [5, 5.41) is 17.4. The summed E-state index contributed by atoms with van der Waals surface area (Å²) in [7, 11) is 0. The lowest BCUT2D eigenvalue weighted by Gasteiger charge is -2.17. The van der Waals surface area contributed by atoms with Crippen LogP contribution < -0.4 is 10.6 Å². The lowest BCUT2D eigenvalue weighted by atomic mass is 10.1. The number of aliphatic carboxylic acids is 1. The molecule has 1 fully saturated rings. The zero-order chi connectivity index (χ0) is 20.0. The van der Waals surface area contributed by atoms with Crippen LogP contribution in [0.4, 0.5) is 19.0 Å². The van der Waals surface area contributed by atoms with Gasteiger partial charge in [-0.3, -0.25) is 0 Å². The molecule has 0 saturated carbocycles. The fourth-order valence-corrected chi connectivity index (χ4v) is 2.51. The fraction of sp³-hybridized carbons (Fsp3) is 0.333. The molecule has 1 saturated heterocycles. The number of hydrogen-bond acceptors (Lipinski definition) is 5. The Kier molecular flexibility index (Phi) is 6.75. The first kappa shape index (κ1) is 20.7. The van der Waals surface area contributed by atoms with Gasteiger partial charge in [-0.05, 0) is 24.1 Å². The Morgan fingerprint density at radius 3 is 2.33 bits per heavy atom. The van der Waals surface area contributed by atoms with Gasteiger partial charge in [0.25, 0.3) is 0 Å². The molecule has 1 aromatic carbocycles. The molecule has 0 radical (unpaired) electrons. The molecule has 146 valence electrons. The van der Waals surface area contributed by atoms with Crippen molar-refractivity contribution in [1.29, 1.82) is 0 Å². The molecule has 0 amide bonds. The minimum Gasteiger partial charge on any atom is -0.479 e. The molecule has 2 heterocycles. The number of pyridine rings is 1. The van der Waals surface area contributed by atoms with Crippen LogP contribution in [0.2, 0.25) is 0 Å². The van der Waals surface area contributed by atoms with Gasteiger partial charge in [0.15, 0.2) is 6.10 Å².